The molecule has 7 heteroatoms. The van der Waals surface area contributed by atoms with Gasteiger partial charge in [-0.15, -0.1) is 0 Å². The third-order valence-corrected chi connectivity index (χ3v) is 6.18. The molecule has 6 nitrogen and oxygen atoms in total. The van der Waals surface area contributed by atoms with Gasteiger partial charge < -0.3 is 16.0 Å². The first-order valence-corrected chi connectivity index (χ1v) is 10.4. The van der Waals surface area contributed by atoms with E-state index >= 15 is 0 Å². The second kappa shape index (κ2) is 10.0. The summed E-state index contributed by atoms with van der Waals surface area (Å²) in [5.74, 6) is 1.45. The summed E-state index contributed by atoms with van der Waals surface area (Å²) in [5, 5.41) is 9.68. The van der Waals surface area contributed by atoms with Crippen molar-refractivity contribution in [3.63, 3.8) is 0 Å². The van der Waals surface area contributed by atoms with Crippen molar-refractivity contribution >= 4 is 22.7 Å². The fraction of sp³-hybridized carbons (Fsp3) is 0.882. The van der Waals surface area contributed by atoms with E-state index in [9.17, 15) is 9.00 Å². The Morgan fingerprint density at radius 1 is 1.29 bits per heavy atom. The van der Waals surface area contributed by atoms with Gasteiger partial charge in [0.25, 0.3) is 0 Å². The van der Waals surface area contributed by atoms with Crippen LogP contribution in [-0.2, 0) is 15.6 Å². The summed E-state index contributed by atoms with van der Waals surface area (Å²) in [6, 6.07) is 0.292. The molecule has 0 aliphatic heterocycles. The van der Waals surface area contributed by atoms with Crippen LogP contribution in [-0.4, -0.2) is 53.3 Å². The highest BCUT2D eigenvalue weighted by Gasteiger charge is 2.28. The molecule has 0 aromatic rings. The molecule has 1 saturated carbocycles. The number of hydrogen-bond donors (Lipinski definition) is 3. The Hall–Kier alpha value is -1.11. The van der Waals surface area contributed by atoms with Crippen LogP contribution in [0.25, 0.3) is 0 Å². The zero-order chi connectivity index (χ0) is 18.2. The molecule has 1 amide bonds. The predicted molar refractivity (Wildman–Crippen MR) is 102 cm³/mol. The number of rotatable bonds is 7. The van der Waals surface area contributed by atoms with Crippen molar-refractivity contribution in [2.45, 2.75) is 64.7 Å². The summed E-state index contributed by atoms with van der Waals surface area (Å²) in [5.41, 5.74) is -0.546. The van der Waals surface area contributed by atoms with Crippen molar-refractivity contribution in [2.75, 3.05) is 25.9 Å². The Labute approximate surface area is 149 Å². The van der Waals surface area contributed by atoms with E-state index in [1.54, 1.807) is 7.05 Å². The predicted octanol–water partition coefficient (Wildman–Crippen LogP) is 1.39. The Bertz CT molecular complexity index is 466. The van der Waals surface area contributed by atoms with Gasteiger partial charge in [-0.25, -0.2) is 0 Å². The summed E-state index contributed by atoms with van der Waals surface area (Å²) >= 11 is 0. The number of nitrogens with zero attached hydrogens (tertiary/aromatic N) is 1. The molecule has 1 rings (SSSR count). The van der Waals surface area contributed by atoms with Gasteiger partial charge in [0.05, 0.1) is 12.0 Å². The number of guanidine groups is 1. The van der Waals surface area contributed by atoms with Gasteiger partial charge in [0.1, 0.15) is 0 Å². The first-order chi connectivity index (χ1) is 11.3. The SMILES string of the molecule is CCNC(=NCC(C)(C)C(=O)NC)NC1CCCC(S(=O)CC)C1. The maximum atomic E-state index is 12.1. The number of amides is 1. The van der Waals surface area contributed by atoms with E-state index in [1.165, 1.54) is 0 Å². The lowest BCUT2D eigenvalue weighted by molar-refractivity contribution is -0.128. The van der Waals surface area contributed by atoms with Gasteiger partial charge in [-0.05, 0) is 40.0 Å². The minimum Gasteiger partial charge on any atom is -0.359 e. The minimum absolute atomic E-state index is 0.0156. The molecule has 3 N–H and O–H groups in total. The Kier molecular flexibility index (Phi) is 8.73. The average Bonchev–Trinajstić information content (AvgIpc) is 2.58. The molecule has 0 bridgehead atoms. The van der Waals surface area contributed by atoms with Gasteiger partial charge in [-0.2, -0.15) is 0 Å². The summed E-state index contributed by atoms with van der Waals surface area (Å²) in [6.07, 6.45) is 4.14. The Morgan fingerprint density at radius 3 is 2.58 bits per heavy atom. The Balaban J connectivity index is 2.69. The van der Waals surface area contributed by atoms with Crippen LogP contribution in [0.2, 0.25) is 0 Å². The number of aliphatic imine (C=N–C) groups is 1. The summed E-state index contributed by atoms with van der Waals surface area (Å²) in [6.45, 7) is 8.97. The molecule has 0 aromatic heterocycles. The van der Waals surface area contributed by atoms with Crippen LogP contribution in [0, 0.1) is 5.41 Å². The Morgan fingerprint density at radius 2 is 2.00 bits per heavy atom. The maximum Gasteiger partial charge on any atom is 0.227 e. The van der Waals surface area contributed by atoms with Gasteiger partial charge in [-0.1, -0.05) is 13.3 Å². The van der Waals surface area contributed by atoms with Gasteiger partial charge in [-0.3, -0.25) is 14.0 Å². The number of nitrogens with one attached hydrogen (secondary N) is 3. The van der Waals surface area contributed by atoms with Crippen molar-refractivity contribution in [1.82, 2.24) is 16.0 Å². The molecule has 0 heterocycles. The van der Waals surface area contributed by atoms with Gasteiger partial charge >= 0.3 is 0 Å². The van der Waals surface area contributed by atoms with E-state index in [2.05, 4.69) is 20.9 Å². The summed E-state index contributed by atoms with van der Waals surface area (Å²) in [4.78, 5) is 16.5. The van der Waals surface area contributed by atoms with Gasteiger partial charge in [0.15, 0.2) is 5.96 Å². The molecule has 1 fully saturated rings. The lowest BCUT2D eigenvalue weighted by Crippen LogP contribution is -2.47. The standard InChI is InChI=1S/C17H34N4O2S/c1-6-19-16(20-12-17(3,4)15(22)18-5)21-13-9-8-10-14(11-13)24(23)7-2/h13-14H,6-12H2,1-5H3,(H,18,22)(H2,19,20,21). The highest BCUT2D eigenvalue weighted by Crippen LogP contribution is 2.23. The topological polar surface area (TPSA) is 82.6 Å². The molecule has 0 saturated heterocycles. The van der Waals surface area contributed by atoms with E-state index in [0.717, 1.165) is 43.9 Å². The number of carbonyl (C=O) groups excluding carboxylic acids is 1. The lowest BCUT2D eigenvalue weighted by atomic mass is 9.92. The zero-order valence-electron chi connectivity index (χ0n) is 15.8. The maximum absolute atomic E-state index is 12.1. The molecule has 1 aliphatic rings. The lowest BCUT2D eigenvalue weighted by Gasteiger charge is -2.30. The molecule has 0 radical (unpaired) electrons. The number of hydrogen-bond acceptors (Lipinski definition) is 3. The fourth-order valence-corrected chi connectivity index (χ4v) is 4.30. The largest absolute Gasteiger partial charge is 0.359 e. The first kappa shape index (κ1) is 20.9. The summed E-state index contributed by atoms with van der Waals surface area (Å²) in [7, 11) is 0.915. The molecule has 24 heavy (non-hydrogen) atoms. The van der Waals surface area contributed by atoms with E-state index in [0.29, 0.717) is 12.6 Å². The first-order valence-electron chi connectivity index (χ1n) is 8.98. The molecule has 0 aromatic carbocycles. The van der Waals surface area contributed by atoms with Crippen LogP contribution < -0.4 is 16.0 Å². The van der Waals surface area contributed by atoms with Gasteiger partial charge in [0.2, 0.25) is 5.91 Å². The quantitative estimate of drug-likeness (QED) is 0.474. The van der Waals surface area contributed by atoms with E-state index in [1.807, 2.05) is 27.7 Å². The van der Waals surface area contributed by atoms with Crippen molar-refractivity contribution in [1.29, 1.82) is 0 Å². The zero-order valence-corrected chi connectivity index (χ0v) is 16.6. The second-order valence-corrected chi connectivity index (χ2v) is 8.96. The van der Waals surface area contributed by atoms with Crippen LogP contribution in [0.1, 0.15) is 53.4 Å². The van der Waals surface area contributed by atoms with Crippen molar-refractivity contribution in [3.8, 4) is 0 Å². The minimum atomic E-state index is -0.731. The van der Waals surface area contributed by atoms with E-state index in [-0.39, 0.29) is 11.2 Å². The summed E-state index contributed by atoms with van der Waals surface area (Å²) < 4.78 is 12.1. The van der Waals surface area contributed by atoms with Crippen molar-refractivity contribution < 1.29 is 9.00 Å². The monoisotopic (exact) mass is 358 g/mol. The molecule has 0 spiro atoms. The number of carbonyl (C=O) groups is 1. The van der Waals surface area contributed by atoms with E-state index in [4.69, 9.17) is 0 Å². The third kappa shape index (κ3) is 6.42. The highest BCUT2D eigenvalue weighted by atomic mass is 32.2. The van der Waals surface area contributed by atoms with Gasteiger partial charge in [0, 0.05) is 41.4 Å². The van der Waals surface area contributed by atoms with Crippen LogP contribution in [0.5, 0.6) is 0 Å². The highest BCUT2D eigenvalue weighted by molar-refractivity contribution is 7.85. The fourth-order valence-electron chi connectivity index (χ4n) is 2.95. The molecular formula is C17H34N4O2S. The van der Waals surface area contributed by atoms with Crippen molar-refractivity contribution in [2.24, 2.45) is 10.4 Å². The molecular weight excluding hydrogens is 324 g/mol. The van der Waals surface area contributed by atoms with E-state index < -0.39 is 16.2 Å². The van der Waals surface area contributed by atoms with Crippen LogP contribution in [0.3, 0.4) is 0 Å². The molecule has 1 aliphatic carbocycles. The second-order valence-electron chi connectivity index (χ2n) is 6.96. The van der Waals surface area contributed by atoms with Crippen molar-refractivity contribution in [3.05, 3.63) is 0 Å². The van der Waals surface area contributed by atoms with Crippen LogP contribution in [0.15, 0.2) is 4.99 Å². The smallest absolute Gasteiger partial charge is 0.227 e. The molecule has 140 valence electrons. The van der Waals surface area contributed by atoms with Crippen LogP contribution in [0.4, 0.5) is 0 Å². The molecule has 3 unspecified atom stereocenters. The molecule has 3 atom stereocenters. The average molecular weight is 359 g/mol. The van der Waals surface area contributed by atoms with Crippen LogP contribution >= 0.6 is 0 Å². The third-order valence-electron chi connectivity index (χ3n) is 4.44. The normalized spacial score (nSPS) is 23.5.